The van der Waals surface area contributed by atoms with Crippen molar-refractivity contribution in [3.05, 3.63) is 59.1 Å². The van der Waals surface area contributed by atoms with Gasteiger partial charge in [0.2, 0.25) is 0 Å². The van der Waals surface area contributed by atoms with Crippen molar-refractivity contribution in [3.63, 3.8) is 0 Å². The van der Waals surface area contributed by atoms with Crippen molar-refractivity contribution in [1.82, 2.24) is 4.98 Å². The highest BCUT2D eigenvalue weighted by Crippen LogP contribution is 2.19. The Balaban J connectivity index is 1.99. The zero-order valence-electron chi connectivity index (χ0n) is 10.7. The van der Waals surface area contributed by atoms with Crippen LogP contribution in [0.5, 0.6) is 0 Å². The molecule has 0 radical (unpaired) electrons. The van der Waals surface area contributed by atoms with E-state index in [0.717, 1.165) is 16.5 Å². The highest BCUT2D eigenvalue weighted by Gasteiger charge is 2.14. The molecule has 6 heteroatoms. The fraction of sp³-hybridized carbons (Fsp3) is 0.143. The number of aromatic nitrogens is 1. The van der Waals surface area contributed by atoms with Crippen LogP contribution >= 0.6 is 11.6 Å². The fourth-order valence-electron chi connectivity index (χ4n) is 1.52. The summed E-state index contributed by atoms with van der Waals surface area (Å²) < 4.78 is 18.4. The van der Waals surface area contributed by atoms with E-state index < -0.39 is 11.9 Å². The van der Waals surface area contributed by atoms with Gasteiger partial charge >= 0.3 is 6.09 Å². The van der Waals surface area contributed by atoms with Crippen molar-refractivity contribution in [3.8, 4) is 0 Å². The SMILES string of the molecule is CN(C(=O)OCc1ccccc1)c1cnc(Cl)c(F)c1. The van der Waals surface area contributed by atoms with E-state index in [-0.39, 0.29) is 17.4 Å². The molecule has 1 heterocycles. The second-order valence-electron chi connectivity index (χ2n) is 4.07. The van der Waals surface area contributed by atoms with Crippen LogP contribution in [0, 0.1) is 5.82 Å². The number of ether oxygens (including phenoxy) is 1. The van der Waals surface area contributed by atoms with E-state index >= 15 is 0 Å². The summed E-state index contributed by atoms with van der Waals surface area (Å²) in [6.07, 6.45) is 0.701. The van der Waals surface area contributed by atoms with E-state index in [1.54, 1.807) is 0 Å². The number of hydrogen-bond donors (Lipinski definition) is 0. The van der Waals surface area contributed by atoms with Crippen molar-refractivity contribution in [1.29, 1.82) is 0 Å². The van der Waals surface area contributed by atoms with Gasteiger partial charge in [-0.05, 0) is 5.56 Å². The summed E-state index contributed by atoms with van der Waals surface area (Å²) in [5.74, 6) is -0.688. The number of hydrogen-bond acceptors (Lipinski definition) is 3. The van der Waals surface area contributed by atoms with Gasteiger partial charge in [0, 0.05) is 13.1 Å². The Bertz CT molecular complexity index is 607. The molecule has 2 aromatic rings. The molecule has 1 aromatic heterocycles. The van der Waals surface area contributed by atoms with Crippen molar-refractivity contribution in [2.75, 3.05) is 11.9 Å². The third-order valence-corrected chi connectivity index (χ3v) is 2.93. The number of rotatable bonds is 3. The van der Waals surface area contributed by atoms with Gasteiger partial charge in [-0.15, -0.1) is 0 Å². The first-order valence-corrected chi connectivity index (χ1v) is 6.21. The fourth-order valence-corrected chi connectivity index (χ4v) is 1.62. The molecule has 0 aliphatic heterocycles. The molecule has 0 fully saturated rings. The lowest BCUT2D eigenvalue weighted by molar-refractivity contribution is 0.148. The number of nitrogens with zero attached hydrogens (tertiary/aromatic N) is 2. The van der Waals surface area contributed by atoms with Crippen LogP contribution in [0.3, 0.4) is 0 Å². The van der Waals surface area contributed by atoms with Gasteiger partial charge in [0.15, 0.2) is 11.0 Å². The normalized spacial score (nSPS) is 10.2. The lowest BCUT2D eigenvalue weighted by Gasteiger charge is -2.16. The molecular weight excluding hydrogens is 283 g/mol. The molecule has 0 saturated carbocycles. The first kappa shape index (κ1) is 14.3. The Morgan fingerprint density at radius 1 is 1.40 bits per heavy atom. The van der Waals surface area contributed by atoms with Gasteiger partial charge in [-0.25, -0.2) is 14.2 Å². The molecule has 2 rings (SSSR count). The summed E-state index contributed by atoms with van der Waals surface area (Å²) in [4.78, 5) is 16.6. The highest BCUT2D eigenvalue weighted by molar-refractivity contribution is 6.29. The summed E-state index contributed by atoms with van der Waals surface area (Å²) in [5.41, 5.74) is 1.14. The maximum Gasteiger partial charge on any atom is 0.414 e. The van der Waals surface area contributed by atoms with E-state index in [1.807, 2.05) is 30.3 Å². The summed E-state index contributed by atoms with van der Waals surface area (Å²) in [7, 11) is 1.47. The van der Waals surface area contributed by atoms with Crippen molar-refractivity contribution in [2.45, 2.75) is 6.61 Å². The predicted octanol–water partition coefficient (Wildman–Crippen LogP) is 3.65. The van der Waals surface area contributed by atoms with Crippen molar-refractivity contribution < 1.29 is 13.9 Å². The van der Waals surface area contributed by atoms with Crippen LogP contribution in [0.4, 0.5) is 14.9 Å². The predicted molar refractivity (Wildman–Crippen MR) is 74.2 cm³/mol. The molecule has 20 heavy (non-hydrogen) atoms. The Morgan fingerprint density at radius 2 is 2.10 bits per heavy atom. The maximum atomic E-state index is 13.3. The zero-order chi connectivity index (χ0) is 14.5. The largest absolute Gasteiger partial charge is 0.444 e. The molecule has 1 amide bonds. The minimum Gasteiger partial charge on any atom is -0.444 e. The average Bonchev–Trinajstić information content (AvgIpc) is 2.48. The van der Waals surface area contributed by atoms with Crippen LogP contribution in [-0.2, 0) is 11.3 Å². The second kappa shape index (κ2) is 6.34. The van der Waals surface area contributed by atoms with Crippen LogP contribution in [0.2, 0.25) is 5.15 Å². The van der Waals surface area contributed by atoms with E-state index in [0.29, 0.717) is 0 Å². The van der Waals surface area contributed by atoms with Crippen LogP contribution in [0.15, 0.2) is 42.6 Å². The topological polar surface area (TPSA) is 42.4 Å². The molecule has 0 atom stereocenters. The number of pyridine rings is 1. The van der Waals surface area contributed by atoms with E-state index in [2.05, 4.69) is 4.98 Å². The molecule has 1 aromatic carbocycles. The van der Waals surface area contributed by atoms with Gasteiger partial charge in [-0.3, -0.25) is 4.90 Å². The lowest BCUT2D eigenvalue weighted by atomic mass is 10.2. The Hall–Kier alpha value is -2.14. The quantitative estimate of drug-likeness (QED) is 0.812. The number of carbonyl (C=O) groups excluding carboxylic acids is 1. The first-order valence-electron chi connectivity index (χ1n) is 5.83. The molecule has 0 unspecified atom stereocenters. The summed E-state index contributed by atoms with van der Waals surface area (Å²) >= 11 is 5.49. The molecule has 4 nitrogen and oxygen atoms in total. The number of halogens is 2. The van der Waals surface area contributed by atoms with E-state index in [1.165, 1.54) is 13.2 Å². The van der Waals surface area contributed by atoms with Crippen molar-refractivity contribution >= 4 is 23.4 Å². The standard InChI is InChI=1S/C14H12ClFN2O2/c1-18(11-7-12(16)13(15)17-8-11)14(19)20-9-10-5-3-2-4-6-10/h2-8H,9H2,1H3. The number of amides is 1. The van der Waals surface area contributed by atoms with E-state index in [9.17, 15) is 9.18 Å². The van der Waals surface area contributed by atoms with Gasteiger partial charge in [-0.1, -0.05) is 41.9 Å². The molecule has 0 spiro atoms. The zero-order valence-corrected chi connectivity index (χ0v) is 11.5. The second-order valence-corrected chi connectivity index (χ2v) is 4.42. The van der Waals surface area contributed by atoms with Gasteiger partial charge < -0.3 is 4.74 Å². The molecule has 0 aliphatic rings. The minimum absolute atomic E-state index is 0.146. The molecule has 0 aliphatic carbocycles. The number of anilines is 1. The summed E-state index contributed by atoms with van der Waals surface area (Å²) in [6.45, 7) is 0.146. The van der Waals surface area contributed by atoms with Crippen LogP contribution < -0.4 is 4.90 Å². The Labute approximate surface area is 120 Å². The van der Waals surface area contributed by atoms with Gasteiger partial charge in [0.05, 0.1) is 11.9 Å². The van der Waals surface area contributed by atoms with Crippen LogP contribution in [0.1, 0.15) is 5.56 Å². The summed E-state index contributed by atoms with van der Waals surface area (Å²) in [6, 6.07) is 10.4. The van der Waals surface area contributed by atoms with Crippen LogP contribution in [-0.4, -0.2) is 18.1 Å². The molecule has 0 N–H and O–H groups in total. The van der Waals surface area contributed by atoms with Crippen LogP contribution in [0.25, 0.3) is 0 Å². The third-order valence-electron chi connectivity index (χ3n) is 2.65. The highest BCUT2D eigenvalue weighted by atomic mass is 35.5. The lowest BCUT2D eigenvalue weighted by Crippen LogP contribution is -2.27. The van der Waals surface area contributed by atoms with E-state index in [4.69, 9.17) is 16.3 Å². The third kappa shape index (κ3) is 3.45. The summed E-state index contributed by atoms with van der Waals surface area (Å²) in [5, 5.41) is -0.236. The number of carbonyl (C=O) groups is 1. The monoisotopic (exact) mass is 294 g/mol. The molecular formula is C14H12ClFN2O2. The van der Waals surface area contributed by atoms with Crippen molar-refractivity contribution in [2.24, 2.45) is 0 Å². The number of benzene rings is 1. The minimum atomic E-state index is -0.688. The molecule has 0 bridgehead atoms. The maximum absolute atomic E-state index is 13.3. The Kier molecular flexibility index (Phi) is 4.53. The molecule has 0 saturated heterocycles. The smallest absolute Gasteiger partial charge is 0.414 e. The molecule has 104 valence electrons. The average molecular weight is 295 g/mol. The van der Waals surface area contributed by atoms with Gasteiger partial charge in [-0.2, -0.15) is 0 Å². The Morgan fingerprint density at radius 3 is 2.75 bits per heavy atom. The van der Waals surface area contributed by atoms with Gasteiger partial charge in [0.25, 0.3) is 0 Å². The first-order chi connectivity index (χ1) is 9.58. The van der Waals surface area contributed by atoms with Gasteiger partial charge in [0.1, 0.15) is 6.61 Å².